The van der Waals surface area contributed by atoms with Gasteiger partial charge in [0.25, 0.3) is 5.09 Å². The number of halogens is 1. The molecule has 0 N–H and O–H groups in total. The van der Waals surface area contributed by atoms with Gasteiger partial charge in [0, 0.05) is 0 Å². The van der Waals surface area contributed by atoms with Crippen LogP contribution in [0.25, 0.3) is 0 Å². The average molecular weight is 137 g/mol. The zero-order valence-corrected chi connectivity index (χ0v) is 4.88. The van der Waals surface area contributed by atoms with Crippen LogP contribution in [-0.4, -0.2) is 18.4 Å². The molecule has 0 aromatic heterocycles. The van der Waals surface area contributed by atoms with Crippen molar-refractivity contribution in [1.29, 1.82) is 0 Å². The number of hydrogen-bond acceptors (Lipinski definition) is 3. The second kappa shape index (κ2) is 5.27. The van der Waals surface area contributed by atoms with Gasteiger partial charge in [-0.1, -0.05) is 0 Å². The van der Waals surface area contributed by atoms with E-state index in [1.54, 1.807) is 0 Å². The van der Waals surface area contributed by atoms with Crippen molar-refractivity contribution >= 4 is 0 Å². The molecule has 9 heavy (non-hydrogen) atoms. The van der Waals surface area contributed by atoms with E-state index in [1.807, 2.05) is 0 Å². The molecule has 0 fully saturated rings. The zero-order valence-electron chi connectivity index (χ0n) is 4.88. The first-order chi connectivity index (χ1) is 4.27. The molecule has 0 radical (unpaired) electrons. The van der Waals surface area contributed by atoms with E-state index in [1.165, 1.54) is 0 Å². The number of rotatable bonds is 5. The SMILES string of the molecule is O=[N+]([O-])OCCCCF. The molecule has 5 heteroatoms. The van der Waals surface area contributed by atoms with Crippen LogP contribution in [0.5, 0.6) is 0 Å². The fraction of sp³-hybridized carbons (Fsp3) is 1.00. The van der Waals surface area contributed by atoms with Gasteiger partial charge >= 0.3 is 0 Å². The first-order valence-corrected chi connectivity index (χ1v) is 2.60. The lowest BCUT2D eigenvalue weighted by molar-refractivity contribution is -0.757. The van der Waals surface area contributed by atoms with E-state index in [-0.39, 0.29) is 6.61 Å². The quantitative estimate of drug-likeness (QED) is 0.322. The fourth-order valence-corrected chi connectivity index (χ4v) is 0.336. The van der Waals surface area contributed by atoms with Gasteiger partial charge in [-0.25, -0.2) is 0 Å². The Morgan fingerprint density at radius 1 is 1.56 bits per heavy atom. The first-order valence-electron chi connectivity index (χ1n) is 2.60. The summed E-state index contributed by atoms with van der Waals surface area (Å²) in [4.78, 5) is 13.4. The Balaban J connectivity index is 2.83. The van der Waals surface area contributed by atoms with E-state index in [0.717, 1.165) is 0 Å². The molecule has 0 bridgehead atoms. The molecule has 0 saturated carbocycles. The van der Waals surface area contributed by atoms with Gasteiger partial charge in [-0.2, -0.15) is 0 Å². The van der Waals surface area contributed by atoms with Gasteiger partial charge in [-0.05, 0) is 12.8 Å². The molecular formula is C4H8FNO3. The highest BCUT2D eigenvalue weighted by molar-refractivity contribution is 4.32. The van der Waals surface area contributed by atoms with Gasteiger partial charge < -0.3 is 4.84 Å². The van der Waals surface area contributed by atoms with Crippen molar-refractivity contribution in [2.75, 3.05) is 13.3 Å². The van der Waals surface area contributed by atoms with Crippen LogP contribution in [0, 0.1) is 10.1 Å². The molecular weight excluding hydrogens is 129 g/mol. The van der Waals surface area contributed by atoms with Gasteiger partial charge in [0.05, 0.1) is 13.3 Å². The molecule has 0 atom stereocenters. The summed E-state index contributed by atoms with van der Waals surface area (Å²) < 4.78 is 11.3. The Morgan fingerprint density at radius 2 is 2.22 bits per heavy atom. The molecule has 54 valence electrons. The summed E-state index contributed by atoms with van der Waals surface area (Å²) >= 11 is 0. The Bertz CT molecular complexity index is 87.9. The van der Waals surface area contributed by atoms with E-state index in [0.29, 0.717) is 12.8 Å². The lowest BCUT2D eigenvalue weighted by Crippen LogP contribution is -2.01. The molecule has 0 aliphatic carbocycles. The van der Waals surface area contributed by atoms with Crippen molar-refractivity contribution in [3.63, 3.8) is 0 Å². The fourth-order valence-electron chi connectivity index (χ4n) is 0.336. The monoisotopic (exact) mass is 137 g/mol. The second-order valence-corrected chi connectivity index (χ2v) is 1.45. The third-order valence-corrected chi connectivity index (χ3v) is 0.725. The van der Waals surface area contributed by atoms with E-state index in [9.17, 15) is 14.5 Å². The summed E-state index contributed by atoms with van der Waals surface area (Å²) in [7, 11) is 0. The number of unbranched alkanes of at least 4 members (excludes halogenated alkanes) is 1. The van der Waals surface area contributed by atoms with E-state index < -0.39 is 11.8 Å². The van der Waals surface area contributed by atoms with Crippen molar-refractivity contribution in [2.45, 2.75) is 12.8 Å². The lowest BCUT2D eigenvalue weighted by atomic mass is 10.3. The van der Waals surface area contributed by atoms with Crippen LogP contribution in [0.15, 0.2) is 0 Å². The number of alkyl halides is 1. The molecule has 0 saturated heterocycles. The maximum Gasteiger partial charge on any atom is 0.294 e. The summed E-state index contributed by atoms with van der Waals surface area (Å²) in [6, 6.07) is 0. The molecule has 0 aromatic carbocycles. The van der Waals surface area contributed by atoms with Gasteiger partial charge in [0.1, 0.15) is 0 Å². The smallest absolute Gasteiger partial charge is 0.294 e. The van der Waals surface area contributed by atoms with Crippen molar-refractivity contribution < 1.29 is 14.3 Å². The maximum atomic E-state index is 11.3. The standard InChI is InChI=1S/C4H8FNO3/c5-3-1-2-4-9-6(7)8/h1-4H2. The average Bonchev–Trinajstić information content (AvgIpc) is 1.80. The molecule has 0 rings (SSSR count). The summed E-state index contributed by atoms with van der Waals surface area (Å²) in [5.74, 6) is 0. The summed E-state index contributed by atoms with van der Waals surface area (Å²) in [6.45, 7) is -0.446. The van der Waals surface area contributed by atoms with Crippen LogP contribution < -0.4 is 0 Å². The van der Waals surface area contributed by atoms with Crippen molar-refractivity contribution in [3.8, 4) is 0 Å². The predicted octanol–water partition coefficient (Wildman–Crippen LogP) is 0.944. The van der Waals surface area contributed by atoms with E-state index in [2.05, 4.69) is 4.84 Å². The van der Waals surface area contributed by atoms with Crippen LogP contribution in [-0.2, 0) is 4.84 Å². The molecule has 0 unspecified atom stereocenters. The van der Waals surface area contributed by atoms with Crippen molar-refractivity contribution in [3.05, 3.63) is 10.1 Å². The Morgan fingerprint density at radius 3 is 2.67 bits per heavy atom. The third-order valence-electron chi connectivity index (χ3n) is 0.725. The van der Waals surface area contributed by atoms with Crippen LogP contribution in [0.2, 0.25) is 0 Å². The molecule has 0 spiro atoms. The molecule has 0 heterocycles. The number of nitrogens with zero attached hydrogens (tertiary/aromatic N) is 1. The zero-order chi connectivity index (χ0) is 7.11. The minimum absolute atomic E-state index is 0.00306. The predicted molar refractivity (Wildman–Crippen MR) is 28.2 cm³/mol. The molecule has 0 aliphatic heterocycles. The highest BCUT2D eigenvalue weighted by Crippen LogP contribution is 1.89. The van der Waals surface area contributed by atoms with Gasteiger partial charge in [0.2, 0.25) is 0 Å². The Hall–Kier alpha value is -0.870. The first kappa shape index (κ1) is 8.13. The summed E-state index contributed by atoms with van der Waals surface area (Å²) in [5, 5.41) is 8.58. The molecule has 0 aliphatic rings. The van der Waals surface area contributed by atoms with Crippen LogP contribution in [0.4, 0.5) is 4.39 Å². The molecule has 0 amide bonds. The van der Waals surface area contributed by atoms with E-state index in [4.69, 9.17) is 0 Å². The molecule has 4 nitrogen and oxygen atoms in total. The highest BCUT2D eigenvalue weighted by Gasteiger charge is 1.92. The highest BCUT2D eigenvalue weighted by atomic mass is 19.1. The van der Waals surface area contributed by atoms with Gasteiger partial charge in [-0.15, -0.1) is 10.1 Å². The number of hydrogen-bond donors (Lipinski definition) is 0. The lowest BCUT2D eigenvalue weighted by Gasteiger charge is -1.93. The van der Waals surface area contributed by atoms with Crippen LogP contribution in [0.1, 0.15) is 12.8 Å². The van der Waals surface area contributed by atoms with Crippen molar-refractivity contribution in [2.24, 2.45) is 0 Å². The second-order valence-electron chi connectivity index (χ2n) is 1.45. The van der Waals surface area contributed by atoms with Crippen molar-refractivity contribution in [1.82, 2.24) is 0 Å². The Kier molecular flexibility index (Phi) is 4.76. The largest absolute Gasteiger partial charge is 0.314 e. The minimum Gasteiger partial charge on any atom is -0.314 e. The molecule has 0 aromatic rings. The summed E-state index contributed by atoms with van der Waals surface area (Å²) in [5.41, 5.74) is 0. The van der Waals surface area contributed by atoms with E-state index >= 15 is 0 Å². The van der Waals surface area contributed by atoms with Crippen LogP contribution >= 0.6 is 0 Å². The normalized spacial score (nSPS) is 9.00. The topological polar surface area (TPSA) is 52.4 Å². The van der Waals surface area contributed by atoms with Crippen LogP contribution in [0.3, 0.4) is 0 Å². The Labute approximate surface area is 51.7 Å². The third kappa shape index (κ3) is 7.13. The minimum atomic E-state index is -0.877. The van der Waals surface area contributed by atoms with Gasteiger partial charge in [0.15, 0.2) is 0 Å². The van der Waals surface area contributed by atoms with Gasteiger partial charge in [-0.3, -0.25) is 4.39 Å². The maximum absolute atomic E-state index is 11.3. The summed E-state index contributed by atoms with van der Waals surface area (Å²) in [6.07, 6.45) is 0.728.